The van der Waals surface area contributed by atoms with Gasteiger partial charge in [0.25, 0.3) is 0 Å². The van der Waals surface area contributed by atoms with Gasteiger partial charge in [0.05, 0.1) is 35.4 Å². The summed E-state index contributed by atoms with van der Waals surface area (Å²) in [7, 11) is 0. The van der Waals surface area contributed by atoms with Crippen LogP contribution in [0.1, 0.15) is 41.3 Å². The first kappa shape index (κ1) is 24.9. The molecule has 5 rings (SSSR count). The Kier molecular flexibility index (Phi) is 6.04. The number of imide groups is 1. The first-order valence-corrected chi connectivity index (χ1v) is 12.3. The molecule has 0 bridgehead atoms. The number of carbonyl (C=O) groups is 5. The minimum Gasteiger partial charge on any atom is -0.462 e. The van der Waals surface area contributed by atoms with Gasteiger partial charge in [0.2, 0.25) is 23.6 Å². The molecule has 3 aliphatic rings. The summed E-state index contributed by atoms with van der Waals surface area (Å²) >= 11 is 6.28. The molecule has 4 atom stereocenters. The van der Waals surface area contributed by atoms with E-state index < -0.39 is 53.0 Å². The van der Waals surface area contributed by atoms with E-state index in [1.165, 1.54) is 24.3 Å². The van der Waals surface area contributed by atoms with Crippen molar-refractivity contribution in [2.75, 3.05) is 16.8 Å². The molecule has 0 unspecified atom stereocenters. The van der Waals surface area contributed by atoms with Crippen LogP contribution in [0.2, 0.25) is 5.02 Å². The molecule has 1 spiro atoms. The van der Waals surface area contributed by atoms with Crippen LogP contribution >= 0.6 is 11.6 Å². The van der Waals surface area contributed by atoms with Crippen molar-refractivity contribution in [2.24, 2.45) is 17.6 Å². The van der Waals surface area contributed by atoms with Crippen molar-refractivity contribution >= 4 is 52.6 Å². The zero-order valence-electron chi connectivity index (χ0n) is 20.2. The van der Waals surface area contributed by atoms with E-state index in [4.69, 9.17) is 22.1 Å². The highest BCUT2D eigenvalue weighted by molar-refractivity contribution is 6.32. The Bertz CT molecular complexity index is 1360. The number of nitrogens with one attached hydrogen (secondary N) is 2. The summed E-state index contributed by atoms with van der Waals surface area (Å²) < 4.78 is 5.00. The number of nitrogens with zero attached hydrogens (tertiary/aromatic N) is 1. The van der Waals surface area contributed by atoms with Crippen molar-refractivity contribution in [3.8, 4) is 0 Å². The van der Waals surface area contributed by atoms with Gasteiger partial charge in [0.1, 0.15) is 5.54 Å². The number of carbonyl (C=O) groups excluding carboxylic acids is 5. The second-order valence-corrected chi connectivity index (χ2v) is 9.80. The predicted octanol–water partition coefficient (Wildman–Crippen LogP) is 2.02. The Morgan fingerprint density at radius 3 is 2.46 bits per heavy atom. The maximum Gasteiger partial charge on any atom is 0.338 e. The van der Waals surface area contributed by atoms with Gasteiger partial charge in [-0.1, -0.05) is 17.7 Å². The van der Waals surface area contributed by atoms with Gasteiger partial charge in [-0.2, -0.15) is 0 Å². The fourth-order valence-electron chi connectivity index (χ4n) is 5.75. The number of ether oxygens (including phenoxy) is 1. The molecule has 11 heteroatoms. The van der Waals surface area contributed by atoms with E-state index in [1.807, 2.05) is 0 Å². The second-order valence-electron chi connectivity index (χ2n) is 9.40. The van der Waals surface area contributed by atoms with Crippen molar-refractivity contribution in [3.05, 3.63) is 58.1 Å². The summed E-state index contributed by atoms with van der Waals surface area (Å²) in [4.78, 5) is 66.0. The molecular weight excluding hydrogens is 500 g/mol. The van der Waals surface area contributed by atoms with E-state index in [0.29, 0.717) is 21.8 Å². The lowest BCUT2D eigenvalue weighted by Gasteiger charge is -2.29. The largest absolute Gasteiger partial charge is 0.462 e. The molecule has 192 valence electrons. The monoisotopic (exact) mass is 524 g/mol. The molecule has 2 fully saturated rings. The molecule has 3 aliphatic heterocycles. The van der Waals surface area contributed by atoms with Crippen molar-refractivity contribution in [2.45, 2.75) is 38.3 Å². The summed E-state index contributed by atoms with van der Waals surface area (Å²) in [6.45, 7) is 3.66. The fraction of sp³-hybridized carbons (Fsp3) is 0.346. The molecule has 2 aromatic carbocycles. The average molecular weight is 525 g/mol. The molecule has 0 aliphatic carbocycles. The summed E-state index contributed by atoms with van der Waals surface area (Å²) in [5, 5.41) is 6.56. The van der Waals surface area contributed by atoms with Crippen LogP contribution in [0.4, 0.5) is 11.4 Å². The standard InChI is InChI=1S/C26H25ClN4O6/c1-3-37-24(35)13-4-6-14(7-5-13)31-22(33)19-17(10-11-18(28)32)30-26(20(19)23(31)34)15-8-9-16(27)12(2)21(15)29-25(26)36/h4-9,17,19-20,30H,3,10-11H2,1-2H3,(H2,28,32)(H,29,36)/t17-,19-,20+,26-/m1/s1. The van der Waals surface area contributed by atoms with Gasteiger partial charge in [0, 0.05) is 23.0 Å². The normalized spacial score (nSPS) is 25.9. The smallest absolute Gasteiger partial charge is 0.338 e. The Morgan fingerprint density at radius 1 is 1.11 bits per heavy atom. The Labute approximate surface area is 217 Å². The van der Waals surface area contributed by atoms with Crippen molar-refractivity contribution in [3.63, 3.8) is 0 Å². The van der Waals surface area contributed by atoms with Gasteiger partial charge < -0.3 is 15.8 Å². The molecule has 4 amide bonds. The van der Waals surface area contributed by atoms with Gasteiger partial charge in [-0.3, -0.25) is 24.5 Å². The summed E-state index contributed by atoms with van der Waals surface area (Å²) in [6.07, 6.45) is 0.142. The van der Waals surface area contributed by atoms with Crippen LogP contribution in [-0.2, 0) is 29.5 Å². The van der Waals surface area contributed by atoms with Crippen LogP contribution in [0.15, 0.2) is 36.4 Å². The summed E-state index contributed by atoms with van der Waals surface area (Å²) in [5.41, 5.74) is 6.06. The van der Waals surface area contributed by atoms with Crippen LogP contribution < -0.4 is 21.3 Å². The summed E-state index contributed by atoms with van der Waals surface area (Å²) in [6, 6.07) is 8.61. The molecule has 2 aromatic rings. The first-order chi connectivity index (χ1) is 17.6. The lowest BCUT2D eigenvalue weighted by molar-refractivity contribution is -0.130. The van der Waals surface area contributed by atoms with Crippen molar-refractivity contribution in [1.82, 2.24) is 5.32 Å². The Balaban J connectivity index is 1.59. The van der Waals surface area contributed by atoms with Gasteiger partial charge in [0.15, 0.2) is 0 Å². The number of nitrogens with two attached hydrogens (primary N) is 1. The fourth-order valence-corrected chi connectivity index (χ4v) is 5.91. The number of anilines is 2. The Hall–Kier alpha value is -3.76. The minimum absolute atomic E-state index is 0.0270. The molecule has 0 saturated carbocycles. The number of benzene rings is 2. The first-order valence-electron chi connectivity index (χ1n) is 11.9. The molecule has 2 saturated heterocycles. The highest BCUT2D eigenvalue weighted by atomic mass is 35.5. The zero-order valence-corrected chi connectivity index (χ0v) is 20.9. The van der Waals surface area contributed by atoms with Gasteiger partial charge >= 0.3 is 5.97 Å². The number of primary amides is 1. The van der Waals surface area contributed by atoms with Gasteiger partial charge in [-0.05, 0) is 56.2 Å². The van der Waals surface area contributed by atoms with E-state index in [1.54, 1.807) is 26.0 Å². The van der Waals surface area contributed by atoms with Crippen molar-refractivity contribution < 1.29 is 28.7 Å². The average Bonchev–Trinajstić information content (AvgIpc) is 3.45. The molecular formula is C26H25ClN4O6. The lowest BCUT2D eigenvalue weighted by Crippen LogP contribution is -2.53. The van der Waals surface area contributed by atoms with Crippen LogP contribution in [0.3, 0.4) is 0 Å². The number of amides is 4. The quantitative estimate of drug-likeness (QED) is 0.386. The van der Waals surface area contributed by atoms with Gasteiger partial charge in [-0.15, -0.1) is 0 Å². The second kappa shape index (κ2) is 8.97. The molecule has 4 N–H and O–H groups in total. The van der Waals surface area contributed by atoms with Crippen LogP contribution in [-0.4, -0.2) is 42.2 Å². The topological polar surface area (TPSA) is 148 Å². The Morgan fingerprint density at radius 2 is 1.81 bits per heavy atom. The van der Waals surface area contributed by atoms with Crippen LogP contribution in [0, 0.1) is 18.8 Å². The molecule has 3 heterocycles. The van der Waals surface area contributed by atoms with E-state index in [0.717, 1.165) is 4.90 Å². The molecule has 0 aromatic heterocycles. The van der Waals surface area contributed by atoms with Crippen LogP contribution in [0.25, 0.3) is 0 Å². The lowest BCUT2D eigenvalue weighted by atomic mass is 9.76. The van der Waals surface area contributed by atoms with Crippen LogP contribution in [0.5, 0.6) is 0 Å². The third-order valence-electron chi connectivity index (χ3n) is 7.42. The minimum atomic E-state index is -1.52. The SMILES string of the molecule is CCOC(=O)c1ccc(N2C(=O)[C@H]3[C@@H](C2=O)[C@@]2(N[C@@H]3CCC(N)=O)C(=O)Nc3c2ccc(Cl)c3C)cc1. The van der Waals surface area contributed by atoms with Gasteiger partial charge in [-0.25, -0.2) is 9.69 Å². The molecule has 0 radical (unpaired) electrons. The maximum absolute atomic E-state index is 13.9. The summed E-state index contributed by atoms with van der Waals surface area (Å²) in [5.74, 6) is -4.57. The molecule has 10 nitrogen and oxygen atoms in total. The maximum atomic E-state index is 13.9. The number of esters is 1. The third kappa shape index (κ3) is 3.62. The third-order valence-corrected chi connectivity index (χ3v) is 7.83. The molecule has 37 heavy (non-hydrogen) atoms. The van der Waals surface area contributed by atoms with E-state index >= 15 is 0 Å². The number of halogens is 1. The highest BCUT2D eigenvalue weighted by Crippen LogP contribution is 2.55. The highest BCUT2D eigenvalue weighted by Gasteiger charge is 2.70. The number of hydrogen-bond donors (Lipinski definition) is 3. The number of hydrogen-bond acceptors (Lipinski definition) is 7. The number of rotatable bonds is 6. The van der Waals surface area contributed by atoms with E-state index in [2.05, 4.69) is 10.6 Å². The zero-order chi connectivity index (χ0) is 26.6. The van der Waals surface area contributed by atoms with E-state index in [9.17, 15) is 24.0 Å². The predicted molar refractivity (Wildman–Crippen MR) is 134 cm³/mol. The number of fused-ring (bicyclic) bond motifs is 4. The van der Waals surface area contributed by atoms with E-state index in [-0.39, 0.29) is 30.7 Å². The van der Waals surface area contributed by atoms with Crippen molar-refractivity contribution in [1.29, 1.82) is 0 Å².